The number of nitrogens with zero attached hydrogens (tertiary/aromatic N) is 1. The minimum atomic E-state index is -0.444. The van der Waals surface area contributed by atoms with Gasteiger partial charge in [0, 0.05) is 11.6 Å². The number of amides is 1. The first-order chi connectivity index (χ1) is 9.66. The SMILES string of the molecule is O=C1C(=O)N(CCc2ccc(Cl)cc2)c2ccccc21. The molecule has 20 heavy (non-hydrogen) atoms. The summed E-state index contributed by atoms with van der Waals surface area (Å²) in [5.41, 5.74) is 2.28. The van der Waals surface area contributed by atoms with Gasteiger partial charge in [0.05, 0.1) is 11.3 Å². The number of hydrogen-bond donors (Lipinski definition) is 0. The number of benzene rings is 2. The second-order valence-corrected chi connectivity index (χ2v) is 5.12. The van der Waals surface area contributed by atoms with E-state index in [1.807, 2.05) is 30.3 Å². The molecule has 0 aliphatic carbocycles. The lowest BCUT2D eigenvalue weighted by molar-refractivity contribution is -0.114. The quantitative estimate of drug-likeness (QED) is 0.813. The number of fused-ring (bicyclic) bond motifs is 1. The molecule has 1 amide bonds. The summed E-state index contributed by atoms with van der Waals surface area (Å²) in [6, 6.07) is 14.6. The van der Waals surface area contributed by atoms with Crippen LogP contribution in [0.3, 0.4) is 0 Å². The second-order valence-electron chi connectivity index (χ2n) is 4.68. The summed E-state index contributed by atoms with van der Waals surface area (Å²) in [6.07, 6.45) is 0.685. The van der Waals surface area contributed by atoms with Crippen molar-refractivity contribution < 1.29 is 9.59 Å². The second kappa shape index (κ2) is 5.10. The van der Waals surface area contributed by atoms with Gasteiger partial charge in [0.2, 0.25) is 0 Å². The maximum atomic E-state index is 12.0. The Balaban J connectivity index is 1.79. The van der Waals surface area contributed by atoms with E-state index in [0.29, 0.717) is 29.2 Å². The van der Waals surface area contributed by atoms with Crippen molar-refractivity contribution in [2.24, 2.45) is 0 Å². The Morgan fingerprint density at radius 3 is 2.40 bits per heavy atom. The predicted octanol–water partition coefficient (Wildman–Crippen LogP) is 3.11. The van der Waals surface area contributed by atoms with E-state index >= 15 is 0 Å². The average Bonchev–Trinajstić information content (AvgIpc) is 2.71. The van der Waals surface area contributed by atoms with Crippen LogP contribution in [0.5, 0.6) is 0 Å². The van der Waals surface area contributed by atoms with Crippen LogP contribution in [-0.4, -0.2) is 18.2 Å². The highest BCUT2D eigenvalue weighted by molar-refractivity contribution is 6.52. The molecule has 0 unspecified atom stereocenters. The fourth-order valence-electron chi connectivity index (χ4n) is 2.36. The van der Waals surface area contributed by atoms with Crippen molar-refractivity contribution in [3.63, 3.8) is 0 Å². The van der Waals surface area contributed by atoms with Crippen LogP contribution in [0.2, 0.25) is 5.02 Å². The number of ketones is 1. The Bertz CT molecular complexity index is 679. The Morgan fingerprint density at radius 2 is 1.65 bits per heavy atom. The number of anilines is 1. The van der Waals surface area contributed by atoms with Gasteiger partial charge in [0.15, 0.2) is 0 Å². The first kappa shape index (κ1) is 12.9. The van der Waals surface area contributed by atoms with Crippen molar-refractivity contribution in [3.05, 3.63) is 64.7 Å². The van der Waals surface area contributed by atoms with E-state index < -0.39 is 11.7 Å². The van der Waals surface area contributed by atoms with E-state index in [0.717, 1.165) is 5.56 Å². The molecule has 100 valence electrons. The molecule has 0 fully saturated rings. The van der Waals surface area contributed by atoms with Crippen molar-refractivity contribution in [3.8, 4) is 0 Å². The molecule has 0 saturated carbocycles. The maximum Gasteiger partial charge on any atom is 0.299 e. The first-order valence-corrected chi connectivity index (χ1v) is 6.74. The topological polar surface area (TPSA) is 37.4 Å². The minimum Gasteiger partial charge on any atom is -0.304 e. The number of Topliss-reactive ketones (excluding diaryl/α,β-unsaturated/α-hetero) is 1. The molecule has 2 aromatic carbocycles. The van der Waals surface area contributed by atoms with Crippen LogP contribution in [0.4, 0.5) is 5.69 Å². The van der Waals surface area contributed by atoms with Gasteiger partial charge in [-0.15, -0.1) is 0 Å². The van der Waals surface area contributed by atoms with E-state index in [1.54, 1.807) is 23.1 Å². The molecule has 0 saturated heterocycles. The fraction of sp³-hybridized carbons (Fsp3) is 0.125. The Labute approximate surface area is 121 Å². The molecule has 0 bridgehead atoms. The van der Waals surface area contributed by atoms with Crippen molar-refractivity contribution >= 4 is 29.0 Å². The van der Waals surface area contributed by atoms with Gasteiger partial charge in [0.1, 0.15) is 0 Å². The van der Waals surface area contributed by atoms with E-state index in [9.17, 15) is 9.59 Å². The van der Waals surface area contributed by atoms with Gasteiger partial charge in [-0.3, -0.25) is 9.59 Å². The summed E-state index contributed by atoms with van der Waals surface area (Å²) >= 11 is 5.84. The molecule has 3 nitrogen and oxygen atoms in total. The lowest BCUT2D eigenvalue weighted by Gasteiger charge is -2.16. The summed E-state index contributed by atoms with van der Waals surface area (Å²) in [5.74, 6) is -0.864. The molecule has 1 aliphatic heterocycles. The molecule has 0 atom stereocenters. The zero-order valence-corrected chi connectivity index (χ0v) is 11.4. The average molecular weight is 286 g/mol. The number of rotatable bonds is 3. The maximum absolute atomic E-state index is 12.0. The summed E-state index contributed by atoms with van der Waals surface area (Å²) in [4.78, 5) is 25.4. The molecule has 0 N–H and O–H groups in total. The normalized spacial score (nSPS) is 13.8. The van der Waals surface area contributed by atoms with Crippen LogP contribution >= 0.6 is 11.6 Å². The van der Waals surface area contributed by atoms with Gasteiger partial charge in [-0.05, 0) is 36.2 Å². The van der Waals surface area contributed by atoms with Crippen LogP contribution in [0.25, 0.3) is 0 Å². The predicted molar refractivity (Wildman–Crippen MR) is 78.3 cm³/mol. The Hall–Kier alpha value is -2.13. The molecular formula is C16H12ClNO2. The van der Waals surface area contributed by atoms with Crippen molar-refractivity contribution in [2.75, 3.05) is 11.4 Å². The van der Waals surface area contributed by atoms with E-state index in [-0.39, 0.29) is 0 Å². The molecule has 1 aliphatic rings. The zero-order chi connectivity index (χ0) is 14.1. The smallest absolute Gasteiger partial charge is 0.299 e. The Kier molecular flexibility index (Phi) is 3.28. The molecule has 3 rings (SSSR count). The fourth-order valence-corrected chi connectivity index (χ4v) is 2.49. The first-order valence-electron chi connectivity index (χ1n) is 6.36. The lowest BCUT2D eigenvalue weighted by Crippen LogP contribution is -2.31. The van der Waals surface area contributed by atoms with Crippen molar-refractivity contribution in [2.45, 2.75) is 6.42 Å². The van der Waals surface area contributed by atoms with Gasteiger partial charge < -0.3 is 4.90 Å². The summed E-state index contributed by atoms with van der Waals surface area (Å²) < 4.78 is 0. The van der Waals surface area contributed by atoms with E-state index in [4.69, 9.17) is 11.6 Å². The summed E-state index contributed by atoms with van der Waals surface area (Å²) in [5, 5.41) is 0.687. The monoisotopic (exact) mass is 285 g/mol. The zero-order valence-electron chi connectivity index (χ0n) is 10.7. The molecule has 2 aromatic rings. The third-order valence-corrected chi connectivity index (χ3v) is 3.67. The van der Waals surface area contributed by atoms with Crippen molar-refractivity contribution in [1.29, 1.82) is 0 Å². The summed E-state index contributed by atoms with van der Waals surface area (Å²) in [7, 11) is 0. The highest BCUT2D eigenvalue weighted by atomic mass is 35.5. The van der Waals surface area contributed by atoms with Gasteiger partial charge in [0.25, 0.3) is 11.7 Å². The molecule has 0 spiro atoms. The molecular weight excluding hydrogens is 274 g/mol. The van der Waals surface area contributed by atoms with E-state index in [1.165, 1.54) is 0 Å². The van der Waals surface area contributed by atoms with Gasteiger partial charge in [-0.2, -0.15) is 0 Å². The van der Waals surface area contributed by atoms with Crippen LogP contribution in [0.1, 0.15) is 15.9 Å². The third kappa shape index (κ3) is 2.21. The molecule has 4 heteroatoms. The minimum absolute atomic E-state index is 0.420. The molecule has 0 aromatic heterocycles. The highest BCUT2D eigenvalue weighted by Gasteiger charge is 2.34. The molecule has 0 radical (unpaired) electrons. The summed E-state index contributed by atoms with van der Waals surface area (Å²) in [6.45, 7) is 0.489. The Morgan fingerprint density at radius 1 is 0.950 bits per heavy atom. The standard InChI is InChI=1S/C16H12ClNO2/c17-12-7-5-11(6-8-12)9-10-18-14-4-2-1-3-13(14)15(19)16(18)20/h1-8H,9-10H2. The number of para-hydroxylation sites is 1. The lowest BCUT2D eigenvalue weighted by atomic mass is 10.1. The number of carbonyl (C=O) groups excluding carboxylic acids is 2. The molecule has 1 heterocycles. The largest absolute Gasteiger partial charge is 0.304 e. The highest BCUT2D eigenvalue weighted by Crippen LogP contribution is 2.28. The van der Waals surface area contributed by atoms with Gasteiger partial charge in [-0.1, -0.05) is 35.9 Å². The van der Waals surface area contributed by atoms with Crippen LogP contribution in [-0.2, 0) is 11.2 Å². The van der Waals surface area contributed by atoms with Crippen LogP contribution in [0.15, 0.2) is 48.5 Å². The van der Waals surface area contributed by atoms with Gasteiger partial charge >= 0.3 is 0 Å². The van der Waals surface area contributed by atoms with Crippen molar-refractivity contribution in [1.82, 2.24) is 0 Å². The van der Waals surface area contributed by atoms with Crippen LogP contribution in [0, 0.1) is 0 Å². The van der Waals surface area contributed by atoms with Crippen LogP contribution < -0.4 is 4.90 Å². The number of carbonyl (C=O) groups is 2. The van der Waals surface area contributed by atoms with Gasteiger partial charge in [-0.25, -0.2) is 0 Å². The van der Waals surface area contributed by atoms with E-state index in [2.05, 4.69) is 0 Å². The number of halogens is 1. The third-order valence-electron chi connectivity index (χ3n) is 3.42. The number of hydrogen-bond acceptors (Lipinski definition) is 2.